The van der Waals surface area contributed by atoms with Gasteiger partial charge in [-0.1, -0.05) is 54.1 Å². The number of ether oxygens (including phenoxy) is 1. The van der Waals surface area contributed by atoms with Crippen LogP contribution in [0, 0.1) is 6.92 Å². The van der Waals surface area contributed by atoms with Crippen LogP contribution in [-0.2, 0) is 9.53 Å². The number of nitrogens with one attached hydrogen (secondary N) is 1. The Hall–Kier alpha value is -3.18. The van der Waals surface area contributed by atoms with Crippen LogP contribution in [0.4, 0.5) is 5.69 Å². The van der Waals surface area contributed by atoms with E-state index in [-0.39, 0.29) is 5.69 Å². The minimum absolute atomic E-state index is 0.129. The van der Waals surface area contributed by atoms with Crippen LogP contribution in [-0.4, -0.2) is 16.9 Å². The molecular formula is C21H17ClN2O3. The van der Waals surface area contributed by atoms with Gasteiger partial charge in [-0.05, 0) is 36.8 Å². The summed E-state index contributed by atoms with van der Waals surface area (Å²) in [7, 11) is 0. The van der Waals surface area contributed by atoms with Gasteiger partial charge in [-0.25, -0.2) is 9.78 Å². The molecule has 0 unspecified atom stereocenters. The largest absolute Gasteiger partial charge is 0.443 e. The molecule has 0 bridgehead atoms. The van der Waals surface area contributed by atoms with Crippen LogP contribution in [0.1, 0.15) is 27.7 Å². The van der Waals surface area contributed by atoms with E-state index in [0.29, 0.717) is 16.3 Å². The molecule has 1 amide bonds. The summed E-state index contributed by atoms with van der Waals surface area (Å²) >= 11 is 6.11. The molecule has 6 heteroatoms. The lowest BCUT2D eigenvalue weighted by molar-refractivity contribution is -0.125. The van der Waals surface area contributed by atoms with Crippen molar-refractivity contribution in [3.05, 3.63) is 94.8 Å². The maximum absolute atomic E-state index is 12.8. The summed E-state index contributed by atoms with van der Waals surface area (Å²) in [6, 6.07) is 18.9. The van der Waals surface area contributed by atoms with Crippen molar-refractivity contribution in [2.75, 3.05) is 5.32 Å². The van der Waals surface area contributed by atoms with Gasteiger partial charge in [0.15, 0.2) is 0 Å². The predicted molar refractivity (Wildman–Crippen MR) is 104 cm³/mol. The number of pyridine rings is 1. The number of aromatic nitrogens is 1. The Bertz CT molecular complexity index is 946. The van der Waals surface area contributed by atoms with Crippen molar-refractivity contribution in [1.82, 2.24) is 4.98 Å². The van der Waals surface area contributed by atoms with E-state index < -0.39 is 18.0 Å². The summed E-state index contributed by atoms with van der Waals surface area (Å²) in [5.74, 6) is -1.16. The molecule has 1 aromatic heterocycles. The molecular weight excluding hydrogens is 364 g/mol. The average molecular weight is 381 g/mol. The van der Waals surface area contributed by atoms with Gasteiger partial charge in [-0.15, -0.1) is 0 Å². The van der Waals surface area contributed by atoms with Crippen LogP contribution in [0.2, 0.25) is 5.02 Å². The number of halogens is 1. The number of nitrogens with zero attached hydrogens (tertiary/aromatic N) is 1. The van der Waals surface area contributed by atoms with Gasteiger partial charge in [0.05, 0.1) is 0 Å². The van der Waals surface area contributed by atoms with E-state index >= 15 is 0 Å². The Labute approximate surface area is 162 Å². The third-order valence-corrected chi connectivity index (χ3v) is 4.29. The molecule has 0 aliphatic rings. The molecule has 1 N–H and O–H groups in total. The fourth-order valence-electron chi connectivity index (χ4n) is 2.43. The number of amides is 1. The Morgan fingerprint density at radius 3 is 2.44 bits per heavy atom. The molecule has 0 spiro atoms. The zero-order chi connectivity index (χ0) is 19.2. The summed E-state index contributed by atoms with van der Waals surface area (Å²) in [5, 5.41) is 3.28. The quantitative estimate of drug-likeness (QED) is 0.658. The number of aryl methyl sites for hydroxylation is 1. The van der Waals surface area contributed by atoms with Crippen LogP contribution < -0.4 is 5.32 Å². The standard InChI is InChI=1S/C21H17ClN2O3/c1-14-10-11-16(13-17(14)22)24-20(25)19(15-7-3-2-4-8-15)27-21(26)18-9-5-6-12-23-18/h2-13,19H,1H3,(H,24,25)/t19-/m1/s1. The molecule has 136 valence electrons. The zero-order valence-corrected chi connectivity index (χ0v) is 15.3. The van der Waals surface area contributed by atoms with Gasteiger partial charge >= 0.3 is 5.97 Å². The fraction of sp³-hybridized carbons (Fsp3) is 0.0952. The maximum atomic E-state index is 12.8. The first-order valence-corrected chi connectivity index (χ1v) is 8.66. The molecule has 2 aromatic carbocycles. The van der Waals surface area contributed by atoms with E-state index in [1.807, 2.05) is 13.0 Å². The number of rotatable bonds is 5. The number of carbonyl (C=O) groups excluding carboxylic acids is 2. The van der Waals surface area contributed by atoms with Crippen LogP contribution in [0.25, 0.3) is 0 Å². The van der Waals surface area contributed by atoms with E-state index in [4.69, 9.17) is 16.3 Å². The monoisotopic (exact) mass is 380 g/mol. The summed E-state index contributed by atoms with van der Waals surface area (Å²) in [6.07, 6.45) is 0.364. The number of esters is 1. The molecule has 1 atom stereocenters. The normalized spacial score (nSPS) is 11.5. The summed E-state index contributed by atoms with van der Waals surface area (Å²) in [5.41, 5.74) is 2.10. The van der Waals surface area contributed by atoms with Crippen LogP contribution in [0.15, 0.2) is 72.9 Å². The highest BCUT2D eigenvalue weighted by Crippen LogP contribution is 2.24. The second-order valence-corrected chi connectivity index (χ2v) is 6.27. The number of hydrogen-bond acceptors (Lipinski definition) is 4. The third-order valence-electron chi connectivity index (χ3n) is 3.88. The zero-order valence-electron chi connectivity index (χ0n) is 14.6. The topological polar surface area (TPSA) is 68.3 Å². The van der Waals surface area contributed by atoms with Gasteiger partial charge in [0.25, 0.3) is 5.91 Å². The minimum Gasteiger partial charge on any atom is -0.443 e. The molecule has 3 rings (SSSR count). The number of hydrogen-bond donors (Lipinski definition) is 1. The molecule has 0 aliphatic heterocycles. The molecule has 0 aliphatic carbocycles. The highest BCUT2D eigenvalue weighted by Gasteiger charge is 2.26. The summed E-state index contributed by atoms with van der Waals surface area (Å²) in [4.78, 5) is 29.2. The van der Waals surface area contributed by atoms with E-state index in [0.717, 1.165) is 5.56 Å². The fourth-order valence-corrected chi connectivity index (χ4v) is 2.61. The van der Waals surface area contributed by atoms with Gasteiger partial charge in [0, 0.05) is 22.5 Å². The Morgan fingerprint density at radius 1 is 1.04 bits per heavy atom. The molecule has 1 heterocycles. The molecule has 0 radical (unpaired) electrons. The van der Waals surface area contributed by atoms with Gasteiger partial charge in [-0.3, -0.25) is 4.79 Å². The van der Waals surface area contributed by atoms with E-state index in [1.165, 1.54) is 12.3 Å². The number of anilines is 1. The maximum Gasteiger partial charge on any atom is 0.358 e. The van der Waals surface area contributed by atoms with Crippen molar-refractivity contribution >= 4 is 29.2 Å². The first-order valence-electron chi connectivity index (χ1n) is 8.28. The molecule has 0 saturated carbocycles. The van der Waals surface area contributed by atoms with E-state index in [2.05, 4.69) is 10.3 Å². The average Bonchev–Trinajstić information content (AvgIpc) is 2.70. The molecule has 0 saturated heterocycles. The molecule has 5 nitrogen and oxygen atoms in total. The highest BCUT2D eigenvalue weighted by atomic mass is 35.5. The van der Waals surface area contributed by atoms with Gasteiger partial charge < -0.3 is 10.1 Å². The lowest BCUT2D eigenvalue weighted by atomic mass is 10.1. The second-order valence-electron chi connectivity index (χ2n) is 5.86. The van der Waals surface area contributed by atoms with Crippen molar-refractivity contribution in [3.63, 3.8) is 0 Å². The van der Waals surface area contributed by atoms with E-state index in [9.17, 15) is 9.59 Å². The summed E-state index contributed by atoms with van der Waals surface area (Å²) < 4.78 is 5.46. The van der Waals surface area contributed by atoms with Crippen molar-refractivity contribution < 1.29 is 14.3 Å². The van der Waals surface area contributed by atoms with Crippen molar-refractivity contribution in [2.24, 2.45) is 0 Å². The minimum atomic E-state index is -1.12. The summed E-state index contributed by atoms with van der Waals surface area (Å²) in [6.45, 7) is 1.87. The van der Waals surface area contributed by atoms with Crippen molar-refractivity contribution in [2.45, 2.75) is 13.0 Å². The second kappa shape index (κ2) is 8.47. The molecule has 27 heavy (non-hydrogen) atoms. The van der Waals surface area contributed by atoms with E-state index in [1.54, 1.807) is 54.6 Å². The Morgan fingerprint density at radius 2 is 1.78 bits per heavy atom. The predicted octanol–water partition coefficient (Wildman–Crippen LogP) is 4.58. The molecule has 3 aromatic rings. The Balaban J connectivity index is 1.84. The van der Waals surface area contributed by atoms with Gasteiger partial charge in [-0.2, -0.15) is 0 Å². The SMILES string of the molecule is Cc1ccc(NC(=O)[C@H](OC(=O)c2ccccn2)c2ccccc2)cc1Cl. The first kappa shape index (κ1) is 18.6. The third kappa shape index (κ3) is 4.71. The number of carbonyl (C=O) groups is 2. The molecule has 0 fully saturated rings. The number of benzene rings is 2. The smallest absolute Gasteiger partial charge is 0.358 e. The van der Waals surface area contributed by atoms with Crippen molar-refractivity contribution in [3.8, 4) is 0 Å². The first-order chi connectivity index (χ1) is 13.0. The highest BCUT2D eigenvalue weighted by molar-refractivity contribution is 6.31. The lowest BCUT2D eigenvalue weighted by Gasteiger charge is -2.18. The van der Waals surface area contributed by atoms with Crippen LogP contribution >= 0.6 is 11.6 Å². The van der Waals surface area contributed by atoms with Crippen LogP contribution in [0.3, 0.4) is 0 Å². The lowest BCUT2D eigenvalue weighted by Crippen LogP contribution is -2.26. The van der Waals surface area contributed by atoms with Gasteiger partial charge in [0.2, 0.25) is 6.10 Å². The van der Waals surface area contributed by atoms with Crippen molar-refractivity contribution in [1.29, 1.82) is 0 Å². The van der Waals surface area contributed by atoms with Gasteiger partial charge in [0.1, 0.15) is 5.69 Å². The Kier molecular flexibility index (Phi) is 5.84. The van der Waals surface area contributed by atoms with Crippen LogP contribution in [0.5, 0.6) is 0 Å².